The molecule has 2 aliphatic rings. The third-order valence-electron chi connectivity index (χ3n) is 4.95. The minimum absolute atomic E-state index is 0. The van der Waals surface area contributed by atoms with E-state index >= 15 is 0 Å². The number of fused-ring (bicyclic) bond motifs is 1. The van der Waals surface area contributed by atoms with Gasteiger partial charge in [0, 0.05) is 28.9 Å². The number of amides is 3. The van der Waals surface area contributed by atoms with Crippen LogP contribution in [0.2, 0.25) is 0 Å². The van der Waals surface area contributed by atoms with Crippen molar-refractivity contribution < 1.29 is 36.5 Å². The van der Waals surface area contributed by atoms with Crippen LogP contribution in [0.3, 0.4) is 0 Å². The monoisotopic (exact) mass is 599 g/mol. The lowest BCUT2D eigenvalue weighted by Gasteiger charge is -2.29. The number of alkyl halides is 3. The maximum Gasteiger partial charge on any atom is 0.573 e. The molecule has 2 unspecified atom stereocenters. The largest absolute Gasteiger partial charge is 0.573 e. The van der Waals surface area contributed by atoms with E-state index in [-0.39, 0.29) is 56.1 Å². The minimum Gasteiger partial charge on any atom is -0.404 e. The van der Waals surface area contributed by atoms with Gasteiger partial charge in [-0.3, -0.25) is 19.7 Å². The van der Waals surface area contributed by atoms with Gasteiger partial charge in [-0.2, -0.15) is 13.5 Å². The molecular formula is C19H17BrF3N3O5S3. The van der Waals surface area contributed by atoms with Crippen LogP contribution in [-0.2, 0) is 33.7 Å². The Morgan fingerprint density at radius 1 is 1.26 bits per heavy atom. The van der Waals surface area contributed by atoms with E-state index in [1.165, 1.54) is 17.0 Å². The first kappa shape index (κ1) is 26.7. The van der Waals surface area contributed by atoms with Crippen molar-refractivity contribution in [1.29, 1.82) is 0 Å². The lowest BCUT2D eigenvalue weighted by atomic mass is 10.0. The molecule has 2 atom stereocenters. The number of thiophene rings is 1. The summed E-state index contributed by atoms with van der Waals surface area (Å²) in [6.07, 6.45) is -4.53. The number of carbonyl (C=O) groups is 3. The Labute approximate surface area is 213 Å². The van der Waals surface area contributed by atoms with Crippen molar-refractivity contribution in [3.63, 3.8) is 0 Å². The number of rotatable bonds is 6. The fourth-order valence-electron chi connectivity index (χ4n) is 3.54. The third-order valence-corrected chi connectivity index (χ3v) is 7.75. The van der Waals surface area contributed by atoms with Gasteiger partial charge in [0.25, 0.3) is 5.91 Å². The molecule has 15 heteroatoms. The highest BCUT2D eigenvalue weighted by atomic mass is 79.9. The molecule has 2 aliphatic heterocycles. The molecule has 0 aliphatic carbocycles. The number of benzene rings is 1. The number of halogens is 4. The molecule has 0 saturated carbocycles. The number of ether oxygens (including phenoxy) is 1. The lowest BCUT2D eigenvalue weighted by Crippen LogP contribution is -2.52. The second-order valence-corrected chi connectivity index (χ2v) is 10.5. The van der Waals surface area contributed by atoms with Gasteiger partial charge >= 0.3 is 6.36 Å². The number of carbonyl (C=O) groups excluding carboxylic acids is 3. The highest BCUT2D eigenvalue weighted by molar-refractivity contribution is 9.10. The summed E-state index contributed by atoms with van der Waals surface area (Å²) >= 11 is 4.20. The Morgan fingerprint density at radius 3 is 2.65 bits per heavy atom. The van der Waals surface area contributed by atoms with Crippen molar-refractivity contribution in [1.82, 2.24) is 14.9 Å². The minimum atomic E-state index is -4.94. The first-order chi connectivity index (χ1) is 15.5. The van der Waals surface area contributed by atoms with Gasteiger partial charge in [-0.05, 0) is 36.2 Å². The first-order valence-corrected chi connectivity index (χ1v) is 12.2. The normalized spacial score (nSPS) is 18.9. The Hall–Kier alpha value is -1.94. The summed E-state index contributed by atoms with van der Waals surface area (Å²) in [4.78, 5) is 38.5. The van der Waals surface area contributed by atoms with Gasteiger partial charge in [-0.15, -0.1) is 24.5 Å². The van der Waals surface area contributed by atoms with E-state index in [9.17, 15) is 31.8 Å². The van der Waals surface area contributed by atoms with Gasteiger partial charge in [-0.25, -0.2) is 8.93 Å². The van der Waals surface area contributed by atoms with Crippen LogP contribution in [0, 0.1) is 0 Å². The summed E-state index contributed by atoms with van der Waals surface area (Å²) in [6, 6.07) is 4.78. The van der Waals surface area contributed by atoms with Crippen molar-refractivity contribution in [3.05, 3.63) is 44.1 Å². The van der Waals surface area contributed by atoms with Gasteiger partial charge in [0.2, 0.25) is 11.8 Å². The number of nitrogens with zero attached hydrogens (tertiary/aromatic N) is 1. The Kier molecular flexibility index (Phi) is 8.12. The summed E-state index contributed by atoms with van der Waals surface area (Å²) in [5, 5.41) is 2.23. The molecule has 184 valence electrons. The molecule has 8 nitrogen and oxygen atoms in total. The van der Waals surface area contributed by atoms with E-state index in [1.54, 1.807) is 6.07 Å². The predicted molar refractivity (Wildman–Crippen MR) is 125 cm³/mol. The van der Waals surface area contributed by atoms with Crippen LogP contribution in [-0.4, -0.2) is 39.2 Å². The zero-order valence-electron chi connectivity index (χ0n) is 17.0. The second-order valence-electron chi connectivity index (χ2n) is 7.20. The number of hydrogen-bond acceptors (Lipinski definition) is 6. The van der Waals surface area contributed by atoms with Crippen molar-refractivity contribution in [2.75, 3.05) is 0 Å². The van der Waals surface area contributed by atoms with Crippen LogP contribution >= 0.6 is 40.8 Å². The number of nitrogens with one attached hydrogen (secondary N) is 2. The van der Waals surface area contributed by atoms with Crippen molar-refractivity contribution in [3.8, 4) is 5.75 Å². The summed E-state index contributed by atoms with van der Waals surface area (Å²) in [5.41, 5.74) is 0.696. The van der Waals surface area contributed by atoms with E-state index in [4.69, 9.17) is 0 Å². The summed E-state index contributed by atoms with van der Waals surface area (Å²) in [6.45, 7) is 0.244. The van der Waals surface area contributed by atoms with Crippen LogP contribution in [0.4, 0.5) is 13.2 Å². The molecular weight excluding hydrogens is 583 g/mol. The molecule has 3 amide bonds. The van der Waals surface area contributed by atoms with Gasteiger partial charge in [0.1, 0.15) is 22.8 Å². The molecule has 3 heterocycles. The van der Waals surface area contributed by atoms with Crippen LogP contribution in [0.5, 0.6) is 5.75 Å². The van der Waals surface area contributed by atoms with Crippen molar-refractivity contribution >= 4 is 69.5 Å². The average molecular weight is 600 g/mol. The molecule has 0 radical (unpaired) electrons. The summed E-state index contributed by atoms with van der Waals surface area (Å²) in [7, 11) is -2.02. The SMILES string of the molecule is O=C1CCC(N2Cc3cc(CNS(=O)c4ccc(Br)cc4OC(F)(F)F)sc3C2=O)C(=O)N1.S. The number of piperidine rings is 1. The second kappa shape index (κ2) is 10.4. The van der Waals surface area contributed by atoms with Crippen molar-refractivity contribution in [2.45, 2.75) is 43.2 Å². The van der Waals surface area contributed by atoms with Crippen LogP contribution in [0.15, 0.2) is 33.6 Å². The van der Waals surface area contributed by atoms with Crippen LogP contribution in [0.25, 0.3) is 0 Å². The molecule has 1 saturated heterocycles. The maximum absolute atomic E-state index is 12.8. The quantitative estimate of drug-likeness (QED) is 0.497. The summed E-state index contributed by atoms with van der Waals surface area (Å²) < 4.78 is 57.6. The van der Waals surface area contributed by atoms with Crippen LogP contribution < -0.4 is 14.8 Å². The molecule has 4 rings (SSSR count). The van der Waals surface area contributed by atoms with Crippen molar-refractivity contribution in [2.24, 2.45) is 0 Å². The van der Waals surface area contributed by atoms with Crippen LogP contribution in [0.1, 0.15) is 33.0 Å². The zero-order chi connectivity index (χ0) is 23.9. The molecule has 1 fully saturated rings. The predicted octanol–water partition coefficient (Wildman–Crippen LogP) is 3.10. The fourth-order valence-corrected chi connectivity index (χ4v) is 5.96. The van der Waals surface area contributed by atoms with E-state index < -0.39 is 35.0 Å². The molecule has 0 bridgehead atoms. The standard InChI is InChI=1S/C19H15BrF3N3O5S2.H2S/c20-10-1-3-14(13(6-10)31-19(21,22)23)33(30)24-7-11-5-9-8-26(18(29)16(9)32-11)12-2-4-15(27)25-17(12)28;/h1,3,5-6,12,24H,2,4,7-8H2,(H,25,27,28);1H2. The Bertz CT molecular complexity index is 1170. The molecule has 2 N–H and O–H groups in total. The zero-order valence-corrected chi connectivity index (χ0v) is 21.3. The average Bonchev–Trinajstić information content (AvgIpc) is 3.24. The fraction of sp³-hybridized carbons (Fsp3) is 0.316. The molecule has 1 aromatic heterocycles. The van der Waals surface area contributed by atoms with E-state index in [1.807, 2.05) is 0 Å². The maximum atomic E-state index is 12.8. The van der Waals surface area contributed by atoms with E-state index in [0.717, 1.165) is 17.4 Å². The highest BCUT2D eigenvalue weighted by Gasteiger charge is 2.40. The lowest BCUT2D eigenvalue weighted by molar-refractivity contribution is -0.275. The smallest absolute Gasteiger partial charge is 0.404 e. The van der Waals surface area contributed by atoms with E-state index in [0.29, 0.717) is 19.8 Å². The van der Waals surface area contributed by atoms with Gasteiger partial charge in [-0.1, -0.05) is 15.9 Å². The molecule has 34 heavy (non-hydrogen) atoms. The summed E-state index contributed by atoms with van der Waals surface area (Å²) in [5.74, 6) is -1.79. The van der Waals surface area contributed by atoms with Gasteiger partial charge in [0.15, 0.2) is 0 Å². The molecule has 2 aromatic rings. The van der Waals surface area contributed by atoms with E-state index in [2.05, 4.69) is 30.7 Å². The third kappa shape index (κ3) is 5.82. The molecule has 0 spiro atoms. The number of hydrogen-bond donors (Lipinski definition) is 2. The number of imide groups is 1. The molecule has 1 aromatic carbocycles. The Balaban J connectivity index is 0.00000324. The topological polar surface area (TPSA) is 105 Å². The van der Waals surface area contributed by atoms with Gasteiger partial charge in [0.05, 0.1) is 9.77 Å². The Morgan fingerprint density at radius 2 is 2.00 bits per heavy atom. The highest BCUT2D eigenvalue weighted by Crippen LogP contribution is 2.34. The first-order valence-electron chi connectivity index (χ1n) is 9.48. The van der Waals surface area contributed by atoms with Gasteiger partial charge < -0.3 is 9.64 Å².